The molecule has 8 nitrogen and oxygen atoms in total. The van der Waals surface area contributed by atoms with Crippen LogP contribution in [0.5, 0.6) is 0 Å². The number of nitrogens with zero attached hydrogens (tertiary/aromatic N) is 2. The van der Waals surface area contributed by atoms with Gasteiger partial charge in [-0.2, -0.15) is 0 Å². The predicted octanol–water partition coefficient (Wildman–Crippen LogP) is 3.19. The van der Waals surface area contributed by atoms with Crippen LogP contribution in [0.4, 0.5) is 17.1 Å². The van der Waals surface area contributed by atoms with Crippen LogP contribution in [-0.2, 0) is 9.59 Å². The molecule has 1 aliphatic heterocycles. The summed E-state index contributed by atoms with van der Waals surface area (Å²) >= 11 is 0. The van der Waals surface area contributed by atoms with Crippen molar-refractivity contribution in [3.8, 4) is 0 Å². The molecule has 1 fully saturated rings. The van der Waals surface area contributed by atoms with Gasteiger partial charge in [0.15, 0.2) is 0 Å². The number of carbonyl (C=O) groups excluding carboxylic acids is 2. The Hall–Kier alpha value is -3.26. The van der Waals surface area contributed by atoms with Gasteiger partial charge in [-0.1, -0.05) is 24.3 Å². The van der Waals surface area contributed by atoms with Crippen LogP contribution >= 0.6 is 0 Å². The van der Waals surface area contributed by atoms with Crippen LogP contribution < -0.4 is 10.6 Å². The molecule has 8 heteroatoms. The number of rotatable bonds is 6. The maximum Gasteiger partial charge on any atom is 0.274 e. The number of likely N-dealkylation sites (tertiary alicyclic amines) is 1. The third-order valence-electron chi connectivity index (χ3n) is 5.06. The monoisotopic (exact) mass is 396 g/mol. The molecule has 0 spiro atoms. The van der Waals surface area contributed by atoms with Crippen molar-refractivity contribution in [3.63, 3.8) is 0 Å². The van der Waals surface area contributed by atoms with Crippen molar-refractivity contribution >= 4 is 28.9 Å². The number of anilines is 2. The molecule has 152 valence electrons. The summed E-state index contributed by atoms with van der Waals surface area (Å²) in [6, 6.07) is 14.0. The van der Waals surface area contributed by atoms with E-state index in [0.29, 0.717) is 37.2 Å². The summed E-state index contributed by atoms with van der Waals surface area (Å²) in [7, 11) is 0. The van der Waals surface area contributed by atoms with Gasteiger partial charge in [0, 0.05) is 28.9 Å². The summed E-state index contributed by atoms with van der Waals surface area (Å²) in [5.74, 6) is -0.295. The lowest BCUT2D eigenvalue weighted by Gasteiger charge is -2.30. The summed E-state index contributed by atoms with van der Waals surface area (Å²) in [5.41, 5.74) is 1.72. The molecule has 0 unspecified atom stereocenters. The number of para-hydroxylation sites is 1. The van der Waals surface area contributed by atoms with Crippen molar-refractivity contribution < 1.29 is 14.5 Å². The minimum Gasteiger partial charge on any atom is -0.326 e. The highest BCUT2D eigenvalue weighted by Crippen LogP contribution is 2.23. The zero-order valence-electron chi connectivity index (χ0n) is 16.3. The molecule has 2 aromatic carbocycles. The van der Waals surface area contributed by atoms with Crippen molar-refractivity contribution in [3.05, 3.63) is 64.2 Å². The van der Waals surface area contributed by atoms with Crippen molar-refractivity contribution in [1.29, 1.82) is 0 Å². The van der Waals surface area contributed by atoms with Crippen LogP contribution in [0.2, 0.25) is 0 Å². The zero-order chi connectivity index (χ0) is 20.8. The average Bonchev–Trinajstić information content (AvgIpc) is 2.70. The van der Waals surface area contributed by atoms with Crippen molar-refractivity contribution in [2.24, 2.45) is 5.92 Å². The lowest BCUT2D eigenvalue weighted by atomic mass is 9.96. The first-order chi connectivity index (χ1) is 13.9. The topological polar surface area (TPSA) is 105 Å². The second kappa shape index (κ2) is 9.29. The number of carbonyl (C=O) groups is 2. The van der Waals surface area contributed by atoms with E-state index in [-0.39, 0.29) is 30.0 Å². The van der Waals surface area contributed by atoms with E-state index >= 15 is 0 Å². The number of benzene rings is 2. The Bertz CT molecular complexity index is 893. The van der Waals surface area contributed by atoms with Crippen LogP contribution in [0, 0.1) is 23.0 Å². The maximum atomic E-state index is 12.4. The molecule has 0 atom stereocenters. The minimum atomic E-state index is -0.462. The van der Waals surface area contributed by atoms with Gasteiger partial charge in [0.25, 0.3) is 5.69 Å². The van der Waals surface area contributed by atoms with Crippen LogP contribution in [0.25, 0.3) is 0 Å². The number of nitrogens with one attached hydrogen (secondary N) is 2. The summed E-state index contributed by atoms with van der Waals surface area (Å²) in [5, 5.41) is 16.7. The SMILES string of the molecule is Cc1ccc(NC(=O)CN2CCC(C(=O)Nc3ccccc3)CC2)cc1[N+](=O)[O-]. The lowest BCUT2D eigenvalue weighted by Crippen LogP contribution is -2.41. The fraction of sp³-hybridized carbons (Fsp3) is 0.333. The maximum absolute atomic E-state index is 12.4. The summed E-state index contributed by atoms with van der Waals surface area (Å²) in [4.78, 5) is 37.2. The first kappa shape index (κ1) is 20.5. The number of aryl methyl sites for hydroxylation is 1. The van der Waals surface area contributed by atoms with Gasteiger partial charge in [0.2, 0.25) is 11.8 Å². The van der Waals surface area contributed by atoms with E-state index in [1.807, 2.05) is 35.2 Å². The highest BCUT2D eigenvalue weighted by atomic mass is 16.6. The first-order valence-electron chi connectivity index (χ1n) is 9.55. The van der Waals surface area contributed by atoms with Gasteiger partial charge in [-0.05, 0) is 51.1 Å². The predicted molar refractivity (Wildman–Crippen MR) is 111 cm³/mol. The third kappa shape index (κ3) is 5.61. The van der Waals surface area contributed by atoms with E-state index in [9.17, 15) is 19.7 Å². The Morgan fingerprint density at radius 1 is 1.07 bits per heavy atom. The van der Waals surface area contributed by atoms with E-state index < -0.39 is 4.92 Å². The molecule has 2 aromatic rings. The van der Waals surface area contributed by atoms with Crippen molar-refractivity contribution in [1.82, 2.24) is 4.90 Å². The Morgan fingerprint density at radius 2 is 1.76 bits per heavy atom. The number of nitro groups is 1. The molecule has 0 saturated carbocycles. The Morgan fingerprint density at radius 3 is 2.41 bits per heavy atom. The van der Waals surface area contributed by atoms with Gasteiger partial charge in [0.05, 0.1) is 11.5 Å². The van der Waals surface area contributed by atoms with Crippen molar-refractivity contribution in [2.45, 2.75) is 19.8 Å². The van der Waals surface area contributed by atoms with Crippen molar-refractivity contribution in [2.75, 3.05) is 30.3 Å². The summed E-state index contributed by atoms with van der Waals surface area (Å²) in [6.45, 7) is 3.14. The average molecular weight is 396 g/mol. The quantitative estimate of drug-likeness (QED) is 0.576. The third-order valence-corrected chi connectivity index (χ3v) is 5.06. The molecule has 2 N–H and O–H groups in total. The fourth-order valence-corrected chi connectivity index (χ4v) is 3.41. The number of amides is 2. The molecule has 1 saturated heterocycles. The van der Waals surface area contributed by atoms with Crippen LogP contribution in [0.15, 0.2) is 48.5 Å². The Kier molecular flexibility index (Phi) is 6.56. The lowest BCUT2D eigenvalue weighted by molar-refractivity contribution is -0.385. The largest absolute Gasteiger partial charge is 0.326 e. The number of piperidine rings is 1. The molecule has 0 aliphatic carbocycles. The summed E-state index contributed by atoms with van der Waals surface area (Å²) < 4.78 is 0. The highest BCUT2D eigenvalue weighted by Gasteiger charge is 2.26. The molecule has 1 aliphatic rings. The molecule has 29 heavy (non-hydrogen) atoms. The van der Waals surface area contributed by atoms with Gasteiger partial charge in [-0.15, -0.1) is 0 Å². The molecule has 3 rings (SSSR count). The van der Waals surface area contributed by atoms with E-state index in [0.717, 1.165) is 5.69 Å². The van der Waals surface area contributed by atoms with Crippen LogP contribution in [0.3, 0.4) is 0 Å². The van der Waals surface area contributed by atoms with Gasteiger partial charge >= 0.3 is 0 Å². The molecule has 1 heterocycles. The number of hydrogen-bond acceptors (Lipinski definition) is 5. The Balaban J connectivity index is 1.47. The molecule has 2 amide bonds. The van der Waals surface area contributed by atoms with E-state index in [1.54, 1.807) is 19.1 Å². The Labute approximate surface area is 169 Å². The second-order valence-electron chi connectivity index (χ2n) is 7.21. The van der Waals surface area contributed by atoms with E-state index in [4.69, 9.17) is 0 Å². The minimum absolute atomic E-state index is 0.00673. The number of hydrogen-bond donors (Lipinski definition) is 2. The highest BCUT2D eigenvalue weighted by molar-refractivity contribution is 5.93. The number of nitro benzene ring substituents is 1. The van der Waals surface area contributed by atoms with Gasteiger partial charge in [0.1, 0.15) is 0 Å². The molecule has 0 bridgehead atoms. The molecule has 0 aromatic heterocycles. The fourth-order valence-electron chi connectivity index (χ4n) is 3.41. The smallest absolute Gasteiger partial charge is 0.274 e. The molecule has 0 radical (unpaired) electrons. The zero-order valence-corrected chi connectivity index (χ0v) is 16.3. The van der Waals surface area contributed by atoms with Crippen LogP contribution in [-0.4, -0.2) is 41.3 Å². The van der Waals surface area contributed by atoms with Crippen LogP contribution in [0.1, 0.15) is 18.4 Å². The molecular weight excluding hydrogens is 372 g/mol. The van der Waals surface area contributed by atoms with Gasteiger partial charge < -0.3 is 10.6 Å². The normalized spacial score (nSPS) is 14.9. The standard InChI is InChI=1S/C21H24N4O4/c1-15-7-8-18(13-19(15)25(28)29)22-20(26)14-24-11-9-16(10-12-24)21(27)23-17-5-3-2-4-6-17/h2-8,13,16H,9-12,14H2,1H3,(H,22,26)(H,23,27). The van der Waals surface area contributed by atoms with E-state index in [2.05, 4.69) is 10.6 Å². The van der Waals surface area contributed by atoms with Gasteiger partial charge in [-0.25, -0.2) is 0 Å². The van der Waals surface area contributed by atoms with Gasteiger partial charge in [-0.3, -0.25) is 24.6 Å². The molecular formula is C21H24N4O4. The first-order valence-corrected chi connectivity index (χ1v) is 9.55. The summed E-state index contributed by atoms with van der Waals surface area (Å²) in [6.07, 6.45) is 1.36. The second-order valence-corrected chi connectivity index (χ2v) is 7.21. The van der Waals surface area contributed by atoms with E-state index in [1.165, 1.54) is 6.07 Å².